The van der Waals surface area contributed by atoms with Crippen molar-refractivity contribution in [1.82, 2.24) is 10.3 Å². The van der Waals surface area contributed by atoms with Gasteiger partial charge in [-0.05, 0) is 45.3 Å². The molecule has 0 bridgehead atoms. The van der Waals surface area contributed by atoms with Gasteiger partial charge in [0.1, 0.15) is 0 Å². The number of aromatic nitrogens is 1. The highest BCUT2D eigenvalue weighted by Crippen LogP contribution is 2.13. The lowest BCUT2D eigenvalue weighted by atomic mass is 10.3. The van der Waals surface area contributed by atoms with Crippen molar-refractivity contribution in [1.29, 1.82) is 0 Å². The first-order valence-electron chi connectivity index (χ1n) is 7.37. The van der Waals surface area contributed by atoms with Crippen LogP contribution in [0.15, 0.2) is 18.3 Å². The molecule has 1 aromatic rings. The van der Waals surface area contributed by atoms with Crippen molar-refractivity contribution in [2.24, 2.45) is 0 Å². The Morgan fingerprint density at radius 3 is 2.62 bits per heavy atom. The quantitative estimate of drug-likeness (QED) is 0.611. The fourth-order valence-electron chi connectivity index (χ4n) is 1.75. The second kappa shape index (κ2) is 9.57. The van der Waals surface area contributed by atoms with Gasteiger partial charge in [-0.1, -0.05) is 6.92 Å². The molecule has 0 fully saturated rings. The van der Waals surface area contributed by atoms with E-state index in [0.29, 0.717) is 24.6 Å². The molecule has 0 aliphatic heterocycles. The van der Waals surface area contributed by atoms with Crippen LogP contribution in [-0.2, 0) is 10.0 Å². The molecule has 1 rings (SSSR count). The van der Waals surface area contributed by atoms with E-state index in [0.717, 1.165) is 25.9 Å². The SMILES string of the molecule is CCCNCCCCS(=O)(=O)Nc1ccc(OCC)nc1. The number of hydrogen-bond donors (Lipinski definition) is 2. The maximum atomic E-state index is 11.9. The maximum absolute atomic E-state index is 11.9. The molecular formula is C14H25N3O3S. The monoisotopic (exact) mass is 315 g/mol. The van der Waals surface area contributed by atoms with Gasteiger partial charge >= 0.3 is 0 Å². The molecular weight excluding hydrogens is 290 g/mol. The topological polar surface area (TPSA) is 80.3 Å². The molecule has 7 heteroatoms. The molecule has 0 spiro atoms. The molecule has 1 aromatic heterocycles. The summed E-state index contributed by atoms with van der Waals surface area (Å²) in [6, 6.07) is 3.30. The Labute approximate surface area is 127 Å². The van der Waals surface area contributed by atoms with E-state index in [4.69, 9.17) is 4.74 Å². The summed E-state index contributed by atoms with van der Waals surface area (Å²) in [5.74, 6) is 0.607. The number of nitrogens with zero attached hydrogens (tertiary/aromatic N) is 1. The van der Waals surface area contributed by atoms with Crippen molar-refractivity contribution in [3.63, 3.8) is 0 Å². The zero-order chi connectivity index (χ0) is 15.6. The van der Waals surface area contributed by atoms with Crippen LogP contribution in [0.1, 0.15) is 33.1 Å². The first-order valence-corrected chi connectivity index (χ1v) is 9.02. The molecule has 0 amide bonds. The minimum Gasteiger partial charge on any atom is -0.478 e. The van der Waals surface area contributed by atoms with Gasteiger partial charge < -0.3 is 10.1 Å². The van der Waals surface area contributed by atoms with Crippen LogP contribution in [0.2, 0.25) is 0 Å². The van der Waals surface area contributed by atoms with E-state index in [-0.39, 0.29) is 5.75 Å². The Bertz CT molecular complexity index is 489. The number of anilines is 1. The predicted octanol–water partition coefficient (Wildman–Crippen LogP) is 2.00. The number of pyridine rings is 1. The van der Waals surface area contributed by atoms with E-state index in [2.05, 4.69) is 21.9 Å². The largest absolute Gasteiger partial charge is 0.478 e. The molecule has 0 aliphatic carbocycles. The third kappa shape index (κ3) is 7.87. The fourth-order valence-corrected chi connectivity index (χ4v) is 2.91. The molecule has 0 aliphatic rings. The smallest absolute Gasteiger partial charge is 0.232 e. The van der Waals surface area contributed by atoms with Gasteiger partial charge in [0.15, 0.2) is 0 Å². The molecule has 2 N–H and O–H groups in total. The van der Waals surface area contributed by atoms with Crippen LogP contribution < -0.4 is 14.8 Å². The van der Waals surface area contributed by atoms with Crippen LogP contribution in [0.4, 0.5) is 5.69 Å². The van der Waals surface area contributed by atoms with Gasteiger partial charge in [-0.15, -0.1) is 0 Å². The summed E-state index contributed by atoms with van der Waals surface area (Å²) in [4.78, 5) is 4.02. The van der Waals surface area contributed by atoms with Gasteiger partial charge in [-0.3, -0.25) is 4.72 Å². The average Bonchev–Trinajstić information content (AvgIpc) is 2.45. The number of nitrogens with one attached hydrogen (secondary N) is 2. The van der Waals surface area contributed by atoms with Gasteiger partial charge in [-0.2, -0.15) is 0 Å². The summed E-state index contributed by atoms with van der Waals surface area (Å²) in [6.45, 7) is 6.33. The highest BCUT2D eigenvalue weighted by Gasteiger charge is 2.10. The molecule has 0 radical (unpaired) electrons. The lowest BCUT2D eigenvalue weighted by Crippen LogP contribution is -2.20. The molecule has 0 unspecified atom stereocenters. The van der Waals surface area contributed by atoms with Crippen LogP contribution >= 0.6 is 0 Å². The molecule has 1 heterocycles. The van der Waals surface area contributed by atoms with Gasteiger partial charge in [0, 0.05) is 6.07 Å². The summed E-state index contributed by atoms with van der Waals surface area (Å²) < 4.78 is 31.5. The fraction of sp³-hybridized carbons (Fsp3) is 0.643. The molecule has 6 nitrogen and oxygen atoms in total. The number of rotatable bonds is 11. The van der Waals surface area contributed by atoms with E-state index < -0.39 is 10.0 Å². The third-order valence-electron chi connectivity index (χ3n) is 2.75. The zero-order valence-electron chi connectivity index (χ0n) is 12.8. The molecule has 0 saturated heterocycles. The highest BCUT2D eigenvalue weighted by molar-refractivity contribution is 7.92. The Balaban J connectivity index is 2.34. The minimum absolute atomic E-state index is 0.119. The standard InChI is InChI=1S/C14H25N3O3S/c1-3-9-15-10-5-6-11-21(18,19)17-13-7-8-14(16-12-13)20-4-2/h7-8,12,15,17H,3-6,9-11H2,1-2H3. The predicted molar refractivity (Wildman–Crippen MR) is 85.2 cm³/mol. The Hall–Kier alpha value is -1.34. The summed E-state index contributed by atoms with van der Waals surface area (Å²) in [5.41, 5.74) is 0.461. The van der Waals surface area contributed by atoms with Crippen LogP contribution in [-0.4, -0.2) is 38.9 Å². The molecule has 0 saturated carbocycles. The number of unbranched alkanes of at least 4 members (excludes halogenated alkanes) is 1. The molecule has 0 atom stereocenters. The van der Waals surface area contributed by atoms with Crippen LogP contribution in [0.3, 0.4) is 0 Å². The second-order valence-corrected chi connectivity index (χ2v) is 6.54. The summed E-state index contributed by atoms with van der Waals surface area (Å²) >= 11 is 0. The second-order valence-electron chi connectivity index (χ2n) is 4.70. The number of ether oxygens (including phenoxy) is 1. The van der Waals surface area contributed by atoms with Crippen molar-refractivity contribution in [3.05, 3.63) is 18.3 Å². The van der Waals surface area contributed by atoms with Crippen molar-refractivity contribution in [2.45, 2.75) is 33.1 Å². The van der Waals surface area contributed by atoms with Crippen LogP contribution in [0.5, 0.6) is 5.88 Å². The van der Waals surface area contributed by atoms with E-state index in [1.165, 1.54) is 6.20 Å². The van der Waals surface area contributed by atoms with Crippen molar-refractivity contribution in [2.75, 3.05) is 30.2 Å². The van der Waals surface area contributed by atoms with Gasteiger partial charge in [0.25, 0.3) is 0 Å². The Morgan fingerprint density at radius 1 is 1.19 bits per heavy atom. The minimum atomic E-state index is -3.31. The Morgan fingerprint density at radius 2 is 2.00 bits per heavy atom. The van der Waals surface area contributed by atoms with Gasteiger partial charge in [-0.25, -0.2) is 13.4 Å². The van der Waals surface area contributed by atoms with Crippen LogP contribution in [0, 0.1) is 0 Å². The van der Waals surface area contributed by atoms with Crippen molar-refractivity contribution >= 4 is 15.7 Å². The van der Waals surface area contributed by atoms with E-state index in [1.54, 1.807) is 12.1 Å². The van der Waals surface area contributed by atoms with Crippen molar-refractivity contribution < 1.29 is 13.2 Å². The number of hydrogen-bond acceptors (Lipinski definition) is 5. The molecule has 120 valence electrons. The van der Waals surface area contributed by atoms with Gasteiger partial charge in [0.05, 0.1) is 24.2 Å². The van der Waals surface area contributed by atoms with Crippen molar-refractivity contribution in [3.8, 4) is 5.88 Å². The van der Waals surface area contributed by atoms with E-state index in [9.17, 15) is 8.42 Å². The number of sulfonamides is 1. The summed E-state index contributed by atoms with van der Waals surface area (Å²) in [5, 5.41) is 3.25. The lowest BCUT2D eigenvalue weighted by molar-refractivity contribution is 0.327. The first-order chi connectivity index (χ1) is 10.1. The zero-order valence-corrected chi connectivity index (χ0v) is 13.6. The third-order valence-corrected chi connectivity index (χ3v) is 4.12. The summed E-state index contributed by atoms with van der Waals surface area (Å²) in [7, 11) is -3.31. The average molecular weight is 315 g/mol. The lowest BCUT2D eigenvalue weighted by Gasteiger charge is -2.08. The molecule has 0 aromatic carbocycles. The normalized spacial score (nSPS) is 11.3. The molecule has 21 heavy (non-hydrogen) atoms. The van der Waals surface area contributed by atoms with Gasteiger partial charge in [0.2, 0.25) is 15.9 Å². The maximum Gasteiger partial charge on any atom is 0.232 e. The highest BCUT2D eigenvalue weighted by atomic mass is 32.2. The van der Waals surface area contributed by atoms with E-state index >= 15 is 0 Å². The Kier molecular flexibility index (Phi) is 8.07. The summed E-state index contributed by atoms with van der Waals surface area (Å²) in [6.07, 6.45) is 4.04. The first kappa shape index (κ1) is 17.7. The van der Waals surface area contributed by atoms with Crippen LogP contribution in [0.25, 0.3) is 0 Å². The van der Waals surface area contributed by atoms with E-state index in [1.807, 2.05) is 6.92 Å².